The smallest absolute Gasteiger partial charge is 0.123 e. The summed E-state index contributed by atoms with van der Waals surface area (Å²) in [5, 5.41) is 5.10. The third-order valence-electron chi connectivity index (χ3n) is 7.80. The highest BCUT2D eigenvalue weighted by Crippen LogP contribution is 2.55. The van der Waals surface area contributed by atoms with Gasteiger partial charge in [0.1, 0.15) is 5.82 Å². The van der Waals surface area contributed by atoms with Crippen molar-refractivity contribution in [2.45, 2.75) is 49.2 Å². The van der Waals surface area contributed by atoms with Crippen molar-refractivity contribution in [2.75, 3.05) is 11.9 Å². The van der Waals surface area contributed by atoms with E-state index >= 15 is 0 Å². The first-order valence-corrected chi connectivity index (χ1v) is 12.1. The molecule has 3 heterocycles. The number of rotatable bonds is 3. The summed E-state index contributed by atoms with van der Waals surface area (Å²) in [5.74, 6) is -0.147. The van der Waals surface area contributed by atoms with Gasteiger partial charge in [0.25, 0.3) is 0 Å². The topological polar surface area (TPSA) is 15.3 Å². The lowest BCUT2D eigenvalue weighted by atomic mass is 9.70. The summed E-state index contributed by atoms with van der Waals surface area (Å²) in [6, 6.07) is 22.2. The molecule has 3 aliphatic rings. The Hall–Kier alpha value is -2.07. The molecule has 164 valence electrons. The molecule has 3 aromatic rings. The average Bonchev–Trinajstić information content (AvgIpc) is 3.25. The fraction of sp³-hybridized carbons (Fsp3) is 0.333. The Bertz CT molecular complexity index is 1120. The van der Waals surface area contributed by atoms with Crippen molar-refractivity contribution in [1.29, 1.82) is 0 Å². The third-order valence-corrected chi connectivity index (χ3v) is 8.49. The number of anilines is 1. The van der Waals surface area contributed by atoms with Crippen LogP contribution >= 0.6 is 23.2 Å². The monoisotopic (exact) mass is 466 g/mol. The number of nitrogens with one attached hydrogen (secondary N) is 1. The van der Waals surface area contributed by atoms with Gasteiger partial charge in [-0.25, -0.2) is 4.39 Å². The normalized spacial score (nSPS) is 26.5. The van der Waals surface area contributed by atoms with Gasteiger partial charge in [0.15, 0.2) is 0 Å². The fourth-order valence-electron chi connectivity index (χ4n) is 6.52. The van der Waals surface area contributed by atoms with Crippen LogP contribution in [-0.4, -0.2) is 23.5 Å². The molecular formula is C27H25Cl2FN2. The van der Waals surface area contributed by atoms with E-state index < -0.39 is 0 Å². The lowest BCUT2D eigenvalue weighted by molar-refractivity contribution is 0.0640. The average molecular weight is 467 g/mol. The highest BCUT2D eigenvalue weighted by molar-refractivity contribution is 6.32. The van der Waals surface area contributed by atoms with Crippen LogP contribution in [0.3, 0.4) is 0 Å². The van der Waals surface area contributed by atoms with E-state index in [1.54, 1.807) is 12.1 Å². The Morgan fingerprint density at radius 1 is 0.875 bits per heavy atom. The van der Waals surface area contributed by atoms with Gasteiger partial charge in [0.2, 0.25) is 0 Å². The lowest BCUT2D eigenvalue weighted by Gasteiger charge is -2.48. The highest BCUT2D eigenvalue weighted by Gasteiger charge is 2.53. The molecule has 0 amide bonds. The minimum absolute atomic E-state index is 0.00796. The minimum atomic E-state index is -0.147. The maximum atomic E-state index is 14.2. The molecular weight excluding hydrogens is 442 g/mol. The van der Waals surface area contributed by atoms with Gasteiger partial charge in [-0.2, -0.15) is 0 Å². The van der Waals surface area contributed by atoms with Gasteiger partial charge >= 0.3 is 0 Å². The number of piperidine rings is 1. The molecule has 3 aromatic carbocycles. The summed E-state index contributed by atoms with van der Waals surface area (Å²) in [5.41, 5.74) is 4.44. The van der Waals surface area contributed by atoms with Crippen molar-refractivity contribution >= 4 is 28.9 Å². The number of fused-ring (bicyclic) bond motifs is 4. The molecule has 1 spiro atoms. The van der Waals surface area contributed by atoms with Crippen LogP contribution in [0.25, 0.3) is 0 Å². The van der Waals surface area contributed by atoms with Gasteiger partial charge < -0.3 is 5.32 Å². The molecule has 2 fully saturated rings. The molecule has 2 nitrogen and oxygen atoms in total. The second-order valence-electron chi connectivity index (χ2n) is 9.51. The van der Waals surface area contributed by atoms with Crippen LogP contribution in [0, 0.1) is 5.82 Å². The van der Waals surface area contributed by atoms with E-state index in [-0.39, 0.29) is 17.3 Å². The number of halogens is 3. The Labute approximate surface area is 198 Å². The Kier molecular flexibility index (Phi) is 4.98. The first-order valence-electron chi connectivity index (χ1n) is 11.4. The summed E-state index contributed by atoms with van der Waals surface area (Å²) in [6.45, 7) is 0.884. The Balaban J connectivity index is 1.43. The predicted octanol–water partition coefficient (Wildman–Crippen LogP) is 7.21. The minimum Gasteiger partial charge on any atom is -0.384 e. The van der Waals surface area contributed by atoms with Crippen molar-refractivity contribution in [2.24, 2.45) is 0 Å². The van der Waals surface area contributed by atoms with E-state index in [1.807, 2.05) is 30.3 Å². The lowest BCUT2D eigenvalue weighted by Crippen LogP contribution is -2.51. The molecule has 1 N–H and O–H groups in total. The summed E-state index contributed by atoms with van der Waals surface area (Å²) in [7, 11) is 0. The Morgan fingerprint density at radius 2 is 1.47 bits per heavy atom. The van der Waals surface area contributed by atoms with E-state index in [0.717, 1.165) is 64.7 Å². The zero-order valence-electron chi connectivity index (χ0n) is 17.7. The van der Waals surface area contributed by atoms with E-state index in [9.17, 15) is 4.39 Å². The number of hydrogen-bond donors (Lipinski definition) is 1. The molecule has 2 saturated heterocycles. The summed E-state index contributed by atoms with van der Waals surface area (Å²) in [6.07, 6.45) is 4.31. The molecule has 2 bridgehead atoms. The van der Waals surface area contributed by atoms with Crippen LogP contribution in [0.15, 0.2) is 66.7 Å². The van der Waals surface area contributed by atoms with Crippen LogP contribution in [0.4, 0.5) is 10.1 Å². The van der Waals surface area contributed by atoms with Crippen molar-refractivity contribution < 1.29 is 4.39 Å². The maximum Gasteiger partial charge on any atom is 0.123 e. The number of nitrogens with zero attached hydrogens (tertiary/aromatic N) is 1. The van der Waals surface area contributed by atoms with Crippen LogP contribution in [-0.2, 0) is 5.41 Å². The summed E-state index contributed by atoms with van der Waals surface area (Å²) in [4.78, 5) is 2.66. The van der Waals surface area contributed by atoms with Crippen LogP contribution in [0.5, 0.6) is 0 Å². The van der Waals surface area contributed by atoms with Crippen molar-refractivity contribution in [1.82, 2.24) is 4.90 Å². The van der Waals surface area contributed by atoms with Gasteiger partial charge in [0.05, 0.1) is 6.04 Å². The first-order chi connectivity index (χ1) is 15.6. The van der Waals surface area contributed by atoms with E-state index in [4.69, 9.17) is 23.2 Å². The molecule has 0 saturated carbocycles. The zero-order chi connectivity index (χ0) is 21.9. The van der Waals surface area contributed by atoms with Crippen molar-refractivity contribution in [3.63, 3.8) is 0 Å². The molecule has 3 atom stereocenters. The van der Waals surface area contributed by atoms with E-state index in [1.165, 1.54) is 0 Å². The summed E-state index contributed by atoms with van der Waals surface area (Å²) < 4.78 is 14.2. The van der Waals surface area contributed by atoms with Crippen LogP contribution < -0.4 is 5.32 Å². The third kappa shape index (κ3) is 3.17. The maximum absolute atomic E-state index is 14.2. The van der Waals surface area contributed by atoms with Gasteiger partial charge in [-0.05, 0) is 72.7 Å². The molecule has 0 aliphatic carbocycles. The number of hydrogen-bond acceptors (Lipinski definition) is 2. The first kappa shape index (κ1) is 20.5. The van der Waals surface area contributed by atoms with E-state index in [2.05, 4.69) is 34.5 Å². The SMILES string of the molecule is Fc1ccc2c(c1)C1(CN2)C[C@H]2CC[C@@H](C1)N2C(c1ccccc1Cl)c1ccccc1Cl. The van der Waals surface area contributed by atoms with Crippen LogP contribution in [0.1, 0.15) is 48.4 Å². The second-order valence-corrected chi connectivity index (χ2v) is 10.3. The molecule has 6 rings (SSSR count). The molecule has 1 unspecified atom stereocenters. The zero-order valence-corrected chi connectivity index (χ0v) is 19.2. The largest absolute Gasteiger partial charge is 0.384 e. The summed E-state index contributed by atoms with van der Waals surface area (Å²) >= 11 is 13.5. The van der Waals surface area contributed by atoms with E-state index in [0.29, 0.717) is 12.1 Å². The standard InChI is InChI=1S/C27H25Cl2FN2/c28-23-7-3-1-5-20(23)26(21-6-2-4-8-24(21)29)32-18-10-11-19(32)15-27(14-18)16-31-25-12-9-17(30)13-22(25)27/h1-9,12-13,18-19,26,31H,10-11,14-16H2/t18-,19+,27?. The molecule has 0 radical (unpaired) electrons. The fourth-order valence-corrected chi connectivity index (χ4v) is 7.00. The highest BCUT2D eigenvalue weighted by atomic mass is 35.5. The van der Waals surface area contributed by atoms with Crippen molar-refractivity contribution in [3.8, 4) is 0 Å². The van der Waals surface area contributed by atoms with Gasteiger partial charge in [-0.3, -0.25) is 4.90 Å². The second kappa shape index (κ2) is 7.76. The predicted molar refractivity (Wildman–Crippen MR) is 129 cm³/mol. The Morgan fingerprint density at radius 3 is 2.06 bits per heavy atom. The van der Waals surface area contributed by atoms with Gasteiger partial charge in [-0.1, -0.05) is 59.6 Å². The van der Waals surface area contributed by atoms with Gasteiger partial charge in [0, 0.05) is 39.8 Å². The quantitative estimate of drug-likeness (QED) is 0.438. The van der Waals surface area contributed by atoms with Crippen molar-refractivity contribution in [3.05, 3.63) is 99.3 Å². The van der Waals surface area contributed by atoms with Crippen LogP contribution in [0.2, 0.25) is 10.0 Å². The van der Waals surface area contributed by atoms with Gasteiger partial charge in [-0.15, -0.1) is 0 Å². The molecule has 3 aliphatic heterocycles. The number of benzene rings is 3. The molecule has 32 heavy (non-hydrogen) atoms. The molecule has 5 heteroatoms. The molecule has 0 aromatic heterocycles.